The van der Waals surface area contributed by atoms with Gasteiger partial charge in [-0.1, -0.05) is 18.2 Å². The van der Waals surface area contributed by atoms with Crippen LogP contribution in [0.5, 0.6) is 0 Å². The van der Waals surface area contributed by atoms with Crippen LogP contribution in [0.2, 0.25) is 0 Å². The molecule has 2 aromatic rings. The minimum atomic E-state index is -0.149. The molecule has 1 aromatic carbocycles. The first-order valence-electron chi connectivity index (χ1n) is 10.1. The van der Waals surface area contributed by atoms with E-state index in [9.17, 15) is 4.79 Å². The number of aryl methyl sites for hydroxylation is 1. The quantitative estimate of drug-likeness (QED) is 0.760. The van der Waals surface area contributed by atoms with Crippen molar-refractivity contribution in [3.05, 3.63) is 59.4 Å². The maximum Gasteiger partial charge on any atom is 0.246 e. The zero-order chi connectivity index (χ0) is 19.5. The summed E-state index contributed by atoms with van der Waals surface area (Å²) < 4.78 is 13.5. The van der Waals surface area contributed by atoms with E-state index in [0.717, 1.165) is 42.0 Å². The van der Waals surface area contributed by atoms with E-state index in [-0.39, 0.29) is 18.1 Å². The molecule has 3 heterocycles. The highest BCUT2D eigenvalue weighted by molar-refractivity contribution is 5.92. The molecule has 1 amide bonds. The fourth-order valence-corrected chi connectivity index (χ4v) is 4.28. The highest BCUT2D eigenvalue weighted by atomic mass is 16.7. The second kappa shape index (κ2) is 8.33. The lowest BCUT2D eigenvalue weighted by molar-refractivity contribution is -0.134. The summed E-state index contributed by atoms with van der Waals surface area (Å²) in [5.41, 5.74) is 4.51. The van der Waals surface area contributed by atoms with Crippen molar-refractivity contribution in [1.29, 1.82) is 0 Å². The number of hydrogen-bond donors (Lipinski definition) is 0. The fraction of sp³-hybridized carbons (Fsp3) is 0.435. The van der Waals surface area contributed by atoms with Gasteiger partial charge in [0.2, 0.25) is 5.91 Å². The van der Waals surface area contributed by atoms with Gasteiger partial charge in [0.05, 0.1) is 13.2 Å². The van der Waals surface area contributed by atoms with Gasteiger partial charge in [-0.2, -0.15) is 0 Å². The molecule has 2 aliphatic heterocycles. The van der Waals surface area contributed by atoms with Crippen LogP contribution in [-0.4, -0.2) is 48.0 Å². The molecule has 4 rings (SSSR count). The molecule has 5 nitrogen and oxygen atoms in total. The molecule has 1 atom stereocenters. The van der Waals surface area contributed by atoms with Gasteiger partial charge in [-0.15, -0.1) is 0 Å². The number of hydrogen-bond acceptors (Lipinski definition) is 3. The van der Waals surface area contributed by atoms with Crippen LogP contribution in [-0.2, 0) is 14.3 Å². The molecule has 5 heteroatoms. The van der Waals surface area contributed by atoms with E-state index in [0.29, 0.717) is 19.8 Å². The van der Waals surface area contributed by atoms with Crippen molar-refractivity contribution in [3.63, 3.8) is 0 Å². The van der Waals surface area contributed by atoms with Crippen molar-refractivity contribution in [2.45, 2.75) is 33.0 Å². The molecule has 0 bridgehead atoms. The third-order valence-corrected chi connectivity index (χ3v) is 5.69. The van der Waals surface area contributed by atoms with Crippen LogP contribution in [0.15, 0.2) is 42.5 Å². The normalized spacial score (nSPS) is 20.9. The van der Waals surface area contributed by atoms with Crippen molar-refractivity contribution in [3.8, 4) is 5.69 Å². The fourth-order valence-electron chi connectivity index (χ4n) is 4.28. The van der Waals surface area contributed by atoms with E-state index in [2.05, 4.69) is 36.6 Å². The molecular formula is C23H28N2O3. The van der Waals surface area contributed by atoms with Gasteiger partial charge in [0.1, 0.15) is 0 Å². The summed E-state index contributed by atoms with van der Waals surface area (Å²) in [6.45, 7) is 7.01. The molecule has 0 spiro atoms. The molecule has 0 N–H and O–H groups in total. The first-order chi connectivity index (χ1) is 13.6. The third kappa shape index (κ3) is 3.91. The van der Waals surface area contributed by atoms with E-state index >= 15 is 0 Å². The second-order valence-corrected chi connectivity index (χ2v) is 7.63. The molecule has 0 aliphatic carbocycles. The number of nitrogens with zero attached hydrogens (tertiary/aromatic N) is 2. The van der Waals surface area contributed by atoms with Gasteiger partial charge in [0.15, 0.2) is 6.29 Å². The summed E-state index contributed by atoms with van der Waals surface area (Å²) in [7, 11) is 0. The van der Waals surface area contributed by atoms with Gasteiger partial charge >= 0.3 is 0 Å². The number of piperidine rings is 1. The molecule has 1 unspecified atom stereocenters. The molecule has 28 heavy (non-hydrogen) atoms. The Kier molecular flexibility index (Phi) is 5.64. The minimum Gasteiger partial charge on any atom is -0.350 e. The maximum absolute atomic E-state index is 12.8. The monoisotopic (exact) mass is 380 g/mol. The van der Waals surface area contributed by atoms with Crippen LogP contribution in [0.4, 0.5) is 0 Å². The van der Waals surface area contributed by atoms with E-state index < -0.39 is 0 Å². The summed E-state index contributed by atoms with van der Waals surface area (Å²) >= 11 is 0. The number of amides is 1. The molecular weight excluding hydrogens is 352 g/mol. The molecule has 2 saturated heterocycles. The summed E-state index contributed by atoms with van der Waals surface area (Å²) in [5, 5.41) is 0. The number of para-hydroxylation sites is 1. The first-order valence-corrected chi connectivity index (χ1v) is 10.1. The SMILES string of the molecule is Cc1cc(/C=C/C(=O)N2CCCC(C3OCCO3)C2)c(C)n1-c1ccccc1. The molecule has 1 aromatic heterocycles. The number of likely N-dealkylation sites (tertiary alicyclic amines) is 1. The van der Waals surface area contributed by atoms with Crippen molar-refractivity contribution in [2.24, 2.45) is 5.92 Å². The van der Waals surface area contributed by atoms with Crippen molar-refractivity contribution < 1.29 is 14.3 Å². The topological polar surface area (TPSA) is 43.7 Å². The van der Waals surface area contributed by atoms with Crippen LogP contribution >= 0.6 is 0 Å². The Balaban J connectivity index is 1.46. The predicted molar refractivity (Wildman–Crippen MR) is 109 cm³/mol. The largest absolute Gasteiger partial charge is 0.350 e. The average Bonchev–Trinajstić information content (AvgIpc) is 3.35. The van der Waals surface area contributed by atoms with Crippen molar-refractivity contribution >= 4 is 12.0 Å². The van der Waals surface area contributed by atoms with E-state index in [4.69, 9.17) is 9.47 Å². The minimum absolute atomic E-state index is 0.0622. The Morgan fingerprint density at radius 1 is 1.14 bits per heavy atom. The Labute approximate surface area is 166 Å². The Hall–Kier alpha value is -2.37. The summed E-state index contributed by atoms with van der Waals surface area (Å²) in [6, 6.07) is 12.4. The molecule has 0 radical (unpaired) electrons. The van der Waals surface area contributed by atoms with Crippen LogP contribution in [0, 0.1) is 19.8 Å². The summed E-state index contributed by atoms with van der Waals surface area (Å²) in [6.07, 6.45) is 5.54. The Bertz CT molecular complexity index is 850. The molecule has 0 saturated carbocycles. The third-order valence-electron chi connectivity index (χ3n) is 5.69. The number of rotatable bonds is 4. The smallest absolute Gasteiger partial charge is 0.246 e. The van der Waals surface area contributed by atoms with Crippen LogP contribution in [0.3, 0.4) is 0 Å². The van der Waals surface area contributed by atoms with Crippen LogP contribution in [0.25, 0.3) is 11.8 Å². The lowest BCUT2D eigenvalue weighted by Gasteiger charge is -2.34. The van der Waals surface area contributed by atoms with Gasteiger partial charge in [0.25, 0.3) is 0 Å². The maximum atomic E-state index is 12.8. The van der Waals surface area contributed by atoms with E-state index in [1.807, 2.05) is 29.2 Å². The molecule has 2 fully saturated rings. The number of aromatic nitrogens is 1. The van der Waals surface area contributed by atoms with Crippen LogP contribution in [0.1, 0.15) is 29.8 Å². The van der Waals surface area contributed by atoms with Gasteiger partial charge < -0.3 is 18.9 Å². The van der Waals surface area contributed by atoms with Gasteiger partial charge in [-0.05, 0) is 56.5 Å². The van der Waals surface area contributed by atoms with E-state index in [1.54, 1.807) is 6.08 Å². The molecule has 2 aliphatic rings. The first kappa shape index (κ1) is 19.0. The van der Waals surface area contributed by atoms with Crippen LogP contribution < -0.4 is 0 Å². The lowest BCUT2D eigenvalue weighted by atomic mass is 9.97. The predicted octanol–water partition coefficient (Wildman–Crippen LogP) is 3.72. The number of carbonyl (C=O) groups excluding carboxylic acids is 1. The number of benzene rings is 1. The van der Waals surface area contributed by atoms with Gasteiger partial charge in [0, 0.05) is 42.2 Å². The highest BCUT2D eigenvalue weighted by Gasteiger charge is 2.32. The average molecular weight is 380 g/mol. The summed E-state index contributed by atoms with van der Waals surface area (Å²) in [4.78, 5) is 14.7. The summed E-state index contributed by atoms with van der Waals surface area (Å²) in [5.74, 6) is 0.337. The Morgan fingerprint density at radius 3 is 2.64 bits per heavy atom. The lowest BCUT2D eigenvalue weighted by Crippen LogP contribution is -2.43. The number of carbonyl (C=O) groups is 1. The van der Waals surface area contributed by atoms with Crippen molar-refractivity contribution in [1.82, 2.24) is 9.47 Å². The number of ether oxygens (including phenoxy) is 2. The zero-order valence-electron chi connectivity index (χ0n) is 16.6. The highest BCUT2D eigenvalue weighted by Crippen LogP contribution is 2.26. The van der Waals surface area contributed by atoms with Crippen molar-refractivity contribution in [2.75, 3.05) is 26.3 Å². The Morgan fingerprint density at radius 2 is 1.89 bits per heavy atom. The molecule has 148 valence electrons. The zero-order valence-corrected chi connectivity index (χ0v) is 16.6. The standard InChI is InChI=1S/C23H28N2O3/c1-17-15-19(18(2)25(17)21-8-4-3-5-9-21)10-11-22(26)24-12-6-7-20(16-24)23-27-13-14-28-23/h3-5,8-11,15,20,23H,6-7,12-14,16H2,1-2H3/b11-10+. The van der Waals surface area contributed by atoms with Gasteiger partial charge in [-0.3, -0.25) is 4.79 Å². The van der Waals surface area contributed by atoms with Gasteiger partial charge in [-0.25, -0.2) is 0 Å². The second-order valence-electron chi connectivity index (χ2n) is 7.63. The van der Waals surface area contributed by atoms with E-state index in [1.165, 1.54) is 0 Å².